The van der Waals surface area contributed by atoms with E-state index in [0.29, 0.717) is 11.3 Å². The maximum absolute atomic E-state index is 3.65. The Morgan fingerprint density at radius 1 is 1.11 bits per heavy atom. The molecular weight excluding hydrogens is 250 g/mol. The van der Waals surface area contributed by atoms with Crippen molar-refractivity contribution in [2.45, 2.75) is 29.5 Å². The van der Waals surface area contributed by atoms with Crippen LogP contribution < -0.4 is 5.32 Å². The third-order valence-electron chi connectivity index (χ3n) is 3.67. The van der Waals surface area contributed by atoms with E-state index in [4.69, 9.17) is 0 Å². The van der Waals surface area contributed by atoms with Crippen molar-refractivity contribution < 1.29 is 0 Å². The normalized spacial score (nSPS) is 19.1. The molecule has 1 heterocycles. The molecule has 2 heteroatoms. The summed E-state index contributed by atoms with van der Waals surface area (Å²) >= 11 is 2.01. The average Bonchev–Trinajstić information content (AvgIpc) is 2.88. The summed E-state index contributed by atoms with van der Waals surface area (Å²) in [6.07, 6.45) is 1.19. The summed E-state index contributed by atoms with van der Waals surface area (Å²) in [5.74, 6) is 0. The number of nitrogens with one attached hydrogen (secondary N) is 1. The molecule has 0 saturated heterocycles. The summed E-state index contributed by atoms with van der Waals surface area (Å²) in [5.41, 5.74) is 2.87. The molecule has 1 N–H and O–H groups in total. The predicted molar refractivity (Wildman–Crippen MR) is 82.7 cm³/mol. The van der Waals surface area contributed by atoms with E-state index in [1.54, 1.807) is 0 Å². The van der Waals surface area contributed by atoms with E-state index < -0.39 is 0 Å². The van der Waals surface area contributed by atoms with Gasteiger partial charge in [-0.05, 0) is 30.5 Å². The van der Waals surface area contributed by atoms with Crippen molar-refractivity contribution in [2.24, 2.45) is 0 Å². The third kappa shape index (κ3) is 3.02. The molecule has 2 atom stereocenters. The van der Waals surface area contributed by atoms with Crippen molar-refractivity contribution in [3.63, 3.8) is 0 Å². The predicted octanol–water partition coefficient (Wildman–Crippen LogP) is 4.05. The number of rotatable bonds is 4. The third-order valence-corrected chi connectivity index (χ3v) is 4.98. The van der Waals surface area contributed by atoms with Crippen LogP contribution in [0.4, 0.5) is 0 Å². The molecule has 0 radical (unpaired) electrons. The fraction of sp³-hybridized carbons (Fsp3) is 0.294. The van der Waals surface area contributed by atoms with E-state index in [0.717, 1.165) is 6.54 Å². The highest BCUT2D eigenvalue weighted by Crippen LogP contribution is 2.36. The number of hydrogen-bond acceptors (Lipinski definition) is 2. The van der Waals surface area contributed by atoms with Crippen LogP contribution in [-0.2, 0) is 6.42 Å². The number of thioether (sulfide) groups is 1. The van der Waals surface area contributed by atoms with Gasteiger partial charge in [0, 0.05) is 22.7 Å². The molecular formula is C17H19NS. The standard InChI is InChI=1S/C17H19NS/c1-13(14-7-3-2-4-8-14)18-12-16-11-15-9-5-6-10-17(15)19-16/h2-10,13,16,18H,11-12H2,1H3/t13-,16?/m0/s1. The zero-order valence-electron chi connectivity index (χ0n) is 11.2. The first kappa shape index (κ1) is 12.8. The van der Waals surface area contributed by atoms with E-state index in [-0.39, 0.29) is 0 Å². The van der Waals surface area contributed by atoms with E-state index in [9.17, 15) is 0 Å². The molecule has 1 aliphatic rings. The van der Waals surface area contributed by atoms with Crippen LogP contribution in [0.3, 0.4) is 0 Å². The summed E-state index contributed by atoms with van der Waals surface area (Å²) in [7, 11) is 0. The minimum Gasteiger partial charge on any atom is -0.309 e. The van der Waals surface area contributed by atoms with Crippen LogP contribution >= 0.6 is 11.8 Å². The highest BCUT2D eigenvalue weighted by molar-refractivity contribution is 8.00. The Morgan fingerprint density at radius 2 is 1.84 bits per heavy atom. The second kappa shape index (κ2) is 5.81. The largest absolute Gasteiger partial charge is 0.309 e. The zero-order valence-corrected chi connectivity index (χ0v) is 12.0. The molecule has 1 aliphatic heterocycles. The van der Waals surface area contributed by atoms with Gasteiger partial charge in [0.25, 0.3) is 0 Å². The van der Waals surface area contributed by atoms with Gasteiger partial charge < -0.3 is 5.32 Å². The van der Waals surface area contributed by atoms with Crippen molar-refractivity contribution in [3.8, 4) is 0 Å². The summed E-state index contributed by atoms with van der Waals surface area (Å²) in [6, 6.07) is 19.8. The number of benzene rings is 2. The molecule has 0 fully saturated rings. The van der Waals surface area contributed by atoms with Crippen molar-refractivity contribution in [1.82, 2.24) is 5.32 Å². The Labute approximate surface area is 119 Å². The van der Waals surface area contributed by atoms with Crippen LogP contribution in [0.25, 0.3) is 0 Å². The quantitative estimate of drug-likeness (QED) is 0.898. The number of hydrogen-bond donors (Lipinski definition) is 1. The van der Waals surface area contributed by atoms with Gasteiger partial charge >= 0.3 is 0 Å². The van der Waals surface area contributed by atoms with Crippen LogP contribution in [0.2, 0.25) is 0 Å². The van der Waals surface area contributed by atoms with Crippen molar-refractivity contribution in [2.75, 3.05) is 6.54 Å². The van der Waals surface area contributed by atoms with Gasteiger partial charge in [0.1, 0.15) is 0 Å². The monoisotopic (exact) mass is 269 g/mol. The van der Waals surface area contributed by atoms with E-state index in [1.807, 2.05) is 11.8 Å². The molecule has 0 amide bonds. The fourth-order valence-electron chi connectivity index (χ4n) is 2.54. The first-order chi connectivity index (χ1) is 9.33. The van der Waals surface area contributed by atoms with Crippen molar-refractivity contribution in [1.29, 1.82) is 0 Å². The van der Waals surface area contributed by atoms with E-state index >= 15 is 0 Å². The summed E-state index contributed by atoms with van der Waals surface area (Å²) in [4.78, 5) is 1.46. The molecule has 1 nitrogen and oxygen atoms in total. The van der Waals surface area contributed by atoms with Gasteiger partial charge in [-0.15, -0.1) is 11.8 Å². The lowest BCUT2D eigenvalue weighted by Gasteiger charge is -2.17. The van der Waals surface area contributed by atoms with Gasteiger partial charge in [0.05, 0.1) is 0 Å². The molecule has 0 aliphatic carbocycles. The van der Waals surface area contributed by atoms with Crippen LogP contribution in [0.15, 0.2) is 59.5 Å². The first-order valence-electron chi connectivity index (χ1n) is 6.86. The Balaban J connectivity index is 1.55. The van der Waals surface area contributed by atoms with Crippen LogP contribution in [0.5, 0.6) is 0 Å². The molecule has 3 rings (SSSR count). The van der Waals surface area contributed by atoms with Crippen LogP contribution in [0.1, 0.15) is 24.1 Å². The Bertz CT molecular complexity index is 513. The minimum absolute atomic E-state index is 0.422. The first-order valence-corrected chi connectivity index (χ1v) is 7.74. The second-order valence-corrected chi connectivity index (χ2v) is 6.43. The highest BCUT2D eigenvalue weighted by atomic mass is 32.2. The van der Waals surface area contributed by atoms with Gasteiger partial charge in [-0.1, -0.05) is 48.5 Å². The molecule has 2 aromatic carbocycles. The summed E-state index contributed by atoms with van der Waals surface area (Å²) in [5, 5.41) is 4.32. The SMILES string of the molecule is C[C@H](NCC1Cc2ccccc2S1)c1ccccc1. The molecule has 0 spiro atoms. The van der Waals surface area contributed by atoms with Gasteiger partial charge in [-0.25, -0.2) is 0 Å². The maximum atomic E-state index is 3.65. The molecule has 0 bridgehead atoms. The van der Waals surface area contributed by atoms with Crippen LogP contribution in [-0.4, -0.2) is 11.8 Å². The zero-order chi connectivity index (χ0) is 13.1. The Morgan fingerprint density at radius 3 is 2.63 bits per heavy atom. The minimum atomic E-state index is 0.422. The lowest BCUT2D eigenvalue weighted by atomic mass is 10.1. The molecule has 1 unspecified atom stereocenters. The van der Waals surface area contributed by atoms with Gasteiger partial charge in [0.15, 0.2) is 0 Å². The van der Waals surface area contributed by atoms with E-state index in [1.165, 1.54) is 22.4 Å². The van der Waals surface area contributed by atoms with Gasteiger partial charge in [0.2, 0.25) is 0 Å². The second-order valence-electron chi connectivity index (χ2n) is 5.09. The van der Waals surface area contributed by atoms with Gasteiger partial charge in [-0.2, -0.15) is 0 Å². The van der Waals surface area contributed by atoms with Crippen molar-refractivity contribution >= 4 is 11.8 Å². The lowest BCUT2D eigenvalue weighted by Crippen LogP contribution is -2.27. The van der Waals surface area contributed by atoms with Crippen molar-refractivity contribution in [3.05, 3.63) is 65.7 Å². The van der Waals surface area contributed by atoms with E-state index in [2.05, 4.69) is 66.8 Å². The topological polar surface area (TPSA) is 12.0 Å². The Kier molecular flexibility index (Phi) is 3.90. The molecule has 98 valence electrons. The molecule has 2 aromatic rings. The maximum Gasteiger partial charge on any atom is 0.0292 e. The smallest absolute Gasteiger partial charge is 0.0292 e. The number of fused-ring (bicyclic) bond motifs is 1. The van der Waals surface area contributed by atoms with Gasteiger partial charge in [-0.3, -0.25) is 0 Å². The lowest BCUT2D eigenvalue weighted by molar-refractivity contribution is 0.567. The summed E-state index contributed by atoms with van der Waals surface area (Å²) < 4.78 is 0. The fourth-order valence-corrected chi connectivity index (χ4v) is 3.80. The molecule has 19 heavy (non-hydrogen) atoms. The highest BCUT2D eigenvalue weighted by Gasteiger charge is 2.21. The molecule has 0 aromatic heterocycles. The summed E-state index contributed by atoms with van der Waals surface area (Å²) in [6.45, 7) is 3.30. The molecule has 0 saturated carbocycles. The average molecular weight is 269 g/mol. The Hall–Kier alpha value is -1.25. The van der Waals surface area contributed by atoms with Crippen LogP contribution in [0, 0.1) is 0 Å².